The molecule has 168 valence electrons. The number of hydrogen-bond acceptors (Lipinski definition) is 6. The van der Waals surface area contributed by atoms with Crippen LogP contribution in [-0.4, -0.2) is 44.1 Å². The minimum absolute atomic E-state index is 0.0428. The van der Waals surface area contributed by atoms with Crippen molar-refractivity contribution in [2.45, 2.75) is 62.7 Å². The van der Waals surface area contributed by atoms with E-state index in [1.807, 2.05) is 12.1 Å². The van der Waals surface area contributed by atoms with E-state index in [9.17, 15) is 5.11 Å². The number of fused-ring (bicyclic) bond motifs is 3. The van der Waals surface area contributed by atoms with Crippen LogP contribution in [0.25, 0.3) is 22.2 Å². The summed E-state index contributed by atoms with van der Waals surface area (Å²) in [5, 5.41) is 10.3. The Morgan fingerprint density at radius 2 is 2.03 bits per heavy atom. The second kappa shape index (κ2) is 7.18. The number of ether oxygens (including phenoxy) is 2. The van der Waals surface area contributed by atoms with Gasteiger partial charge in [-0.1, -0.05) is 12.1 Å². The highest BCUT2D eigenvalue weighted by atomic mass is 16.6. The fraction of sp³-hybridized carbons (Fsp3) is 0.520. The van der Waals surface area contributed by atoms with E-state index in [0.717, 1.165) is 66.4 Å². The number of aliphatic hydroxyl groups excluding tert-OH is 1. The van der Waals surface area contributed by atoms with Gasteiger partial charge < -0.3 is 24.9 Å². The highest BCUT2D eigenvalue weighted by Gasteiger charge is 2.53. The fourth-order valence-electron chi connectivity index (χ4n) is 5.79. The minimum atomic E-state index is -0.132. The topological polar surface area (TPSA) is 95.4 Å². The molecular weight excluding hydrogens is 404 g/mol. The zero-order valence-electron chi connectivity index (χ0n) is 18.5. The smallest absolute Gasteiger partial charge is 0.146 e. The molecule has 1 saturated carbocycles. The molecule has 4 heterocycles. The molecule has 0 radical (unpaired) electrons. The molecule has 6 rings (SSSR count). The van der Waals surface area contributed by atoms with Gasteiger partial charge >= 0.3 is 0 Å². The van der Waals surface area contributed by atoms with Crippen LogP contribution in [0.1, 0.15) is 51.5 Å². The first-order valence-corrected chi connectivity index (χ1v) is 11.6. The van der Waals surface area contributed by atoms with Crippen LogP contribution in [0.2, 0.25) is 0 Å². The van der Waals surface area contributed by atoms with Gasteiger partial charge in [-0.05, 0) is 69.1 Å². The maximum absolute atomic E-state index is 9.43. The fourth-order valence-corrected chi connectivity index (χ4v) is 5.79. The van der Waals surface area contributed by atoms with Crippen LogP contribution < -0.4 is 10.5 Å². The largest absolute Gasteiger partial charge is 0.491 e. The van der Waals surface area contributed by atoms with Gasteiger partial charge in [-0.2, -0.15) is 0 Å². The molecule has 2 aromatic heterocycles. The van der Waals surface area contributed by atoms with Crippen LogP contribution in [0.5, 0.6) is 5.75 Å². The van der Waals surface area contributed by atoms with Gasteiger partial charge in [-0.15, -0.1) is 0 Å². The Hall–Kier alpha value is -2.64. The lowest BCUT2D eigenvalue weighted by atomic mass is 9.81. The monoisotopic (exact) mass is 434 g/mol. The lowest BCUT2D eigenvalue weighted by Gasteiger charge is -2.35. The summed E-state index contributed by atoms with van der Waals surface area (Å²) < 4.78 is 14.8. The molecule has 3 aliphatic rings. The number of nitrogens with zero attached hydrogens (tertiary/aromatic N) is 3. The number of aromatic nitrogens is 3. The number of rotatable bonds is 6. The first-order valence-electron chi connectivity index (χ1n) is 11.6. The summed E-state index contributed by atoms with van der Waals surface area (Å²) in [4.78, 5) is 8.79. The van der Waals surface area contributed by atoms with Crippen molar-refractivity contribution >= 4 is 16.9 Å². The predicted molar refractivity (Wildman–Crippen MR) is 122 cm³/mol. The minimum Gasteiger partial charge on any atom is -0.491 e. The van der Waals surface area contributed by atoms with E-state index in [2.05, 4.69) is 39.8 Å². The highest BCUT2D eigenvalue weighted by Crippen LogP contribution is 2.50. The third-order valence-electron chi connectivity index (χ3n) is 7.83. The summed E-state index contributed by atoms with van der Waals surface area (Å²) in [7, 11) is 0. The van der Waals surface area contributed by atoms with Crippen molar-refractivity contribution in [3.8, 4) is 16.9 Å². The average molecular weight is 435 g/mol. The number of nitrogen functional groups attached to an aromatic ring is 1. The molecule has 3 aromatic rings. The van der Waals surface area contributed by atoms with Crippen molar-refractivity contribution in [1.82, 2.24) is 14.5 Å². The standard InChI is InChI=1S/C25H30N4O3/c1-24-5-7-25(32-24,8-6-24)14-31-19-4-2-3-17(11-19)20-12-29(18-9-16(10-18)13-30)23-21(20)22(26)27-15-28-23/h2-4,11-12,15-16,18,30H,5-10,13-14H2,1H3,(H2,26,27,28). The van der Waals surface area contributed by atoms with Crippen molar-refractivity contribution in [1.29, 1.82) is 0 Å². The summed E-state index contributed by atoms with van der Waals surface area (Å²) in [6.45, 7) is 3.04. The third-order valence-corrected chi connectivity index (χ3v) is 7.83. The molecule has 2 saturated heterocycles. The molecule has 2 aliphatic heterocycles. The summed E-state index contributed by atoms with van der Waals surface area (Å²) in [5.74, 6) is 1.68. The second-order valence-corrected chi connectivity index (χ2v) is 10.1. The first kappa shape index (κ1) is 20.0. The van der Waals surface area contributed by atoms with Crippen LogP contribution in [0.3, 0.4) is 0 Å². The Bertz CT molecular complexity index is 1160. The van der Waals surface area contributed by atoms with Crippen LogP contribution in [0, 0.1) is 5.92 Å². The molecular formula is C25H30N4O3. The first-order chi connectivity index (χ1) is 15.5. The maximum atomic E-state index is 9.43. The van der Waals surface area contributed by atoms with Crippen LogP contribution in [0.4, 0.5) is 5.82 Å². The molecule has 0 amide bonds. The number of nitrogens with two attached hydrogens (primary N) is 1. The molecule has 3 fully saturated rings. The Kier molecular flexibility index (Phi) is 4.49. The quantitative estimate of drug-likeness (QED) is 0.606. The molecule has 2 bridgehead atoms. The van der Waals surface area contributed by atoms with E-state index in [1.165, 1.54) is 6.33 Å². The molecule has 32 heavy (non-hydrogen) atoms. The number of anilines is 1. The number of aliphatic hydroxyl groups is 1. The number of hydrogen-bond donors (Lipinski definition) is 2. The van der Waals surface area contributed by atoms with Crippen molar-refractivity contribution < 1.29 is 14.6 Å². The summed E-state index contributed by atoms with van der Waals surface area (Å²) in [6.07, 6.45) is 9.94. The van der Waals surface area contributed by atoms with E-state index in [-0.39, 0.29) is 17.8 Å². The van der Waals surface area contributed by atoms with Gasteiger partial charge in [0.1, 0.15) is 35.7 Å². The van der Waals surface area contributed by atoms with Crippen molar-refractivity contribution in [2.75, 3.05) is 18.9 Å². The van der Waals surface area contributed by atoms with Gasteiger partial charge in [0, 0.05) is 24.4 Å². The summed E-state index contributed by atoms with van der Waals surface area (Å²) >= 11 is 0. The van der Waals surface area contributed by atoms with Crippen molar-refractivity contribution in [2.24, 2.45) is 5.92 Å². The second-order valence-electron chi connectivity index (χ2n) is 10.1. The molecule has 7 nitrogen and oxygen atoms in total. The zero-order chi connectivity index (χ0) is 21.9. The van der Waals surface area contributed by atoms with E-state index in [4.69, 9.17) is 15.2 Å². The van der Waals surface area contributed by atoms with Gasteiger partial charge in [0.2, 0.25) is 0 Å². The highest BCUT2D eigenvalue weighted by molar-refractivity contribution is 6.00. The Balaban J connectivity index is 1.30. The van der Waals surface area contributed by atoms with Crippen LogP contribution >= 0.6 is 0 Å². The molecule has 7 heteroatoms. The molecule has 3 N–H and O–H groups in total. The lowest BCUT2D eigenvalue weighted by molar-refractivity contribution is -0.0597. The van der Waals surface area contributed by atoms with Crippen LogP contribution in [0.15, 0.2) is 36.8 Å². The maximum Gasteiger partial charge on any atom is 0.146 e. The SMILES string of the molecule is CC12CCC(COc3cccc(-c4cn(C5CC(CO)C5)c5ncnc(N)c45)c3)(CC1)O2. The lowest BCUT2D eigenvalue weighted by Crippen LogP contribution is -2.32. The number of benzene rings is 1. The average Bonchev–Trinajstić information content (AvgIpc) is 3.42. The third kappa shape index (κ3) is 3.18. The van der Waals surface area contributed by atoms with Gasteiger partial charge in [-0.25, -0.2) is 9.97 Å². The van der Waals surface area contributed by atoms with Gasteiger partial charge in [0.15, 0.2) is 0 Å². The Labute approximate surface area is 187 Å². The Morgan fingerprint density at radius 1 is 1.22 bits per heavy atom. The normalized spacial score (nSPS) is 31.2. The Morgan fingerprint density at radius 3 is 2.75 bits per heavy atom. The molecule has 0 unspecified atom stereocenters. The van der Waals surface area contributed by atoms with Crippen LogP contribution in [-0.2, 0) is 4.74 Å². The van der Waals surface area contributed by atoms with Crippen molar-refractivity contribution in [3.63, 3.8) is 0 Å². The van der Waals surface area contributed by atoms with E-state index >= 15 is 0 Å². The molecule has 0 atom stereocenters. The van der Waals surface area contributed by atoms with E-state index in [0.29, 0.717) is 24.4 Å². The van der Waals surface area contributed by atoms with Gasteiger partial charge in [-0.3, -0.25) is 0 Å². The predicted octanol–water partition coefficient (Wildman–Crippen LogP) is 4.10. The zero-order valence-corrected chi connectivity index (χ0v) is 18.5. The summed E-state index contributed by atoms with van der Waals surface area (Å²) in [6, 6.07) is 8.49. The van der Waals surface area contributed by atoms with E-state index < -0.39 is 0 Å². The van der Waals surface area contributed by atoms with Crippen molar-refractivity contribution in [3.05, 3.63) is 36.8 Å². The molecule has 1 aromatic carbocycles. The molecule has 1 aliphatic carbocycles. The van der Waals surface area contributed by atoms with E-state index in [1.54, 1.807) is 0 Å². The molecule has 0 spiro atoms. The summed E-state index contributed by atoms with van der Waals surface area (Å²) in [5.41, 5.74) is 9.11. The van der Waals surface area contributed by atoms with Gasteiger partial charge in [0.25, 0.3) is 0 Å². The van der Waals surface area contributed by atoms with Gasteiger partial charge in [0.05, 0.1) is 11.0 Å².